The zero-order valence-electron chi connectivity index (χ0n) is 10.3. The van der Waals surface area contributed by atoms with E-state index in [-0.39, 0.29) is 9.76 Å². The molecule has 0 spiro atoms. The Hall–Kier alpha value is -0.653. The summed E-state index contributed by atoms with van der Waals surface area (Å²) in [5, 5.41) is 0. The third-order valence-corrected chi connectivity index (χ3v) is 4.91. The van der Waals surface area contributed by atoms with Gasteiger partial charge in [-0.3, -0.25) is 0 Å². The smallest absolute Gasteiger partial charge is 0.171 e. The van der Waals surface area contributed by atoms with Crippen molar-refractivity contribution in [3.05, 3.63) is 71.8 Å². The minimum absolute atomic E-state index is 0.344. The van der Waals surface area contributed by atoms with Gasteiger partial charge in [-0.2, -0.15) is 0 Å². The van der Waals surface area contributed by atoms with E-state index in [1.807, 2.05) is 0 Å². The normalized spacial score (nSPS) is 11.4. The first-order valence-electron chi connectivity index (χ1n) is 6.15. The maximum absolute atomic E-state index is 5.89. The summed E-state index contributed by atoms with van der Waals surface area (Å²) in [7, 11) is -0.344. The molecule has 0 bridgehead atoms. The van der Waals surface area contributed by atoms with Gasteiger partial charge in [0.2, 0.25) is 0 Å². The summed E-state index contributed by atoms with van der Waals surface area (Å²) in [6.07, 6.45) is 0. The van der Waals surface area contributed by atoms with Crippen LogP contribution in [0.1, 0.15) is 17.0 Å². The van der Waals surface area contributed by atoms with Crippen LogP contribution in [-0.2, 0) is 4.43 Å². The highest BCUT2D eigenvalue weighted by Gasteiger charge is 2.13. The van der Waals surface area contributed by atoms with Gasteiger partial charge in [0.05, 0.1) is 0 Å². The van der Waals surface area contributed by atoms with Crippen LogP contribution in [0.3, 0.4) is 0 Å². The Morgan fingerprint density at radius 2 is 1.39 bits per heavy atom. The van der Waals surface area contributed by atoms with E-state index >= 15 is 0 Å². The third kappa shape index (κ3) is 3.93. The molecule has 0 saturated heterocycles. The molecule has 0 amide bonds. The van der Waals surface area contributed by atoms with E-state index in [4.69, 9.17) is 4.43 Å². The van der Waals surface area contributed by atoms with Gasteiger partial charge in [-0.15, -0.1) is 0 Å². The molecule has 0 fully saturated rings. The van der Waals surface area contributed by atoms with E-state index in [9.17, 15) is 0 Å². The maximum Gasteiger partial charge on any atom is 0.171 e. The fourth-order valence-corrected chi connectivity index (χ4v) is 3.46. The first-order chi connectivity index (χ1) is 8.92. The number of hydrogen-bond acceptors (Lipinski definition) is 1. The van der Waals surface area contributed by atoms with Crippen molar-refractivity contribution in [1.29, 1.82) is 0 Å². The lowest BCUT2D eigenvalue weighted by Gasteiger charge is -2.18. The molecule has 1 nitrogen and oxygen atoms in total. The summed E-state index contributed by atoms with van der Waals surface area (Å²) in [6.45, 7) is 0.809. The second kappa shape index (κ2) is 7.71. The predicted octanol–water partition coefficient (Wildman–Crippen LogP) is 3.31. The van der Waals surface area contributed by atoms with Crippen molar-refractivity contribution in [3.63, 3.8) is 0 Å². The number of hydrogen-bond donors (Lipinski definition) is 0. The number of rotatable bonds is 6. The quantitative estimate of drug-likeness (QED) is 0.329. The van der Waals surface area contributed by atoms with Gasteiger partial charge in [-0.25, -0.2) is 0 Å². The number of alkyl halides is 1. The summed E-state index contributed by atoms with van der Waals surface area (Å²) >= 11 is 2.40. The molecule has 0 radical (unpaired) electrons. The van der Waals surface area contributed by atoms with Gasteiger partial charge in [0.1, 0.15) is 0 Å². The molecule has 3 heteroatoms. The Morgan fingerprint density at radius 3 is 1.83 bits per heavy atom. The van der Waals surface area contributed by atoms with Crippen molar-refractivity contribution in [2.24, 2.45) is 0 Å². The van der Waals surface area contributed by atoms with Crippen LogP contribution in [0.5, 0.6) is 0 Å². The first-order valence-corrected chi connectivity index (χ1v) is 9.25. The van der Waals surface area contributed by atoms with Gasteiger partial charge in [-0.05, 0) is 11.1 Å². The summed E-state index contributed by atoms with van der Waals surface area (Å²) in [4.78, 5) is 0. The van der Waals surface area contributed by atoms with Gasteiger partial charge in [0.15, 0.2) is 9.76 Å². The van der Waals surface area contributed by atoms with Crippen molar-refractivity contribution in [2.45, 2.75) is 5.92 Å². The highest BCUT2D eigenvalue weighted by atomic mass is 127. The molecule has 0 atom stereocenters. The summed E-state index contributed by atoms with van der Waals surface area (Å²) in [5.74, 6) is 0.364. The topological polar surface area (TPSA) is 9.23 Å². The Morgan fingerprint density at radius 1 is 0.889 bits per heavy atom. The van der Waals surface area contributed by atoms with Crippen molar-refractivity contribution >= 4 is 32.4 Å². The van der Waals surface area contributed by atoms with Crippen LogP contribution in [0.2, 0.25) is 0 Å². The Balaban J connectivity index is 2.18. The lowest BCUT2D eigenvalue weighted by molar-refractivity contribution is 0.322. The zero-order valence-corrected chi connectivity index (χ0v) is 13.8. The highest BCUT2D eigenvalue weighted by molar-refractivity contribution is 14.1. The van der Waals surface area contributed by atoms with Crippen molar-refractivity contribution < 1.29 is 4.43 Å². The Bertz CT molecular complexity index is 407. The molecular weight excluding hydrogens is 351 g/mol. The average molecular weight is 368 g/mol. The molecule has 0 N–H and O–H groups in total. The molecule has 0 aromatic heterocycles. The number of halogens is 1. The second-order valence-electron chi connectivity index (χ2n) is 4.14. The summed E-state index contributed by atoms with van der Waals surface area (Å²) in [6, 6.07) is 21.3. The minimum atomic E-state index is -0.344. The molecule has 0 saturated carbocycles. The van der Waals surface area contributed by atoms with E-state index in [2.05, 4.69) is 83.3 Å². The minimum Gasteiger partial charge on any atom is -0.422 e. The molecular formula is C15H17IOSi. The first kappa shape index (κ1) is 13.8. The summed E-state index contributed by atoms with van der Waals surface area (Å²) in [5.41, 5.74) is 2.68. The van der Waals surface area contributed by atoms with E-state index in [0.29, 0.717) is 5.92 Å². The average Bonchev–Trinajstić information content (AvgIpc) is 2.46. The van der Waals surface area contributed by atoms with E-state index < -0.39 is 0 Å². The fraction of sp³-hybridized carbons (Fsp3) is 0.200. The molecule has 0 aliphatic heterocycles. The lowest BCUT2D eigenvalue weighted by Crippen LogP contribution is -2.12. The van der Waals surface area contributed by atoms with E-state index in [0.717, 1.165) is 6.61 Å². The SMILES string of the molecule is IC[SiH2]OCC(c1ccccc1)c1ccccc1. The monoisotopic (exact) mass is 368 g/mol. The van der Waals surface area contributed by atoms with Crippen LogP contribution in [0.4, 0.5) is 0 Å². The lowest BCUT2D eigenvalue weighted by atomic mass is 9.92. The molecule has 94 valence electrons. The fourth-order valence-electron chi connectivity index (χ4n) is 2.01. The van der Waals surface area contributed by atoms with Crippen molar-refractivity contribution in [1.82, 2.24) is 0 Å². The van der Waals surface area contributed by atoms with E-state index in [1.165, 1.54) is 15.2 Å². The van der Waals surface area contributed by atoms with Crippen LogP contribution < -0.4 is 0 Å². The largest absolute Gasteiger partial charge is 0.422 e. The molecule has 2 rings (SSSR count). The van der Waals surface area contributed by atoms with Crippen molar-refractivity contribution in [2.75, 3.05) is 10.7 Å². The molecule has 2 aromatic carbocycles. The highest BCUT2D eigenvalue weighted by Crippen LogP contribution is 2.24. The van der Waals surface area contributed by atoms with Gasteiger partial charge in [0, 0.05) is 16.6 Å². The van der Waals surface area contributed by atoms with Crippen LogP contribution in [-0.4, -0.2) is 20.4 Å². The van der Waals surface area contributed by atoms with Crippen LogP contribution in [0, 0.1) is 0 Å². The van der Waals surface area contributed by atoms with Crippen LogP contribution in [0.25, 0.3) is 0 Å². The molecule has 18 heavy (non-hydrogen) atoms. The van der Waals surface area contributed by atoms with E-state index in [1.54, 1.807) is 0 Å². The molecule has 0 aliphatic carbocycles. The Labute approximate surface area is 125 Å². The standard InChI is InChI=1S/C15H17IOSi/c16-12-18-17-11-15(13-7-3-1-4-8-13)14-9-5-2-6-10-14/h1-10,15H,11-12,18H2. The van der Waals surface area contributed by atoms with Gasteiger partial charge < -0.3 is 4.43 Å². The van der Waals surface area contributed by atoms with Gasteiger partial charge in [-0.1, -0.05) is 83.3 Å². The number of benzene rings is 2. The van der Waals surface area contributed by atoms with Crippen molar-refractivity contribution in [3.8, 4) is 0 Å². The van der Waals surface area contributed by atoms with Gasteiger partial charge >= 0.3 is 0 Å². The second-order valence-corrected chi connectivity index (χ2v) is 8.57. The zero-order chi connectivity index (χ0) is 12.6. The molecule has 0 heterocycles. The summed E-state index contributed by atoms with van der Waals surface area (Å²) < 4.78 is 7.06. The molecule has 0 unspecified atom stereocenters. The third-order valence-electron chi connectivity index (χ3n) is 2.91. The maximum atomic E-state index is 5.89. The molecule has 2 aromatic rings. The predicted molar refractivity (Wildman–Crippen MR) is 88.1 cm³/mol. The van der Waals surface area contributed by atoms with Crippen LogP contribution >= 0.6 is 22.6 Å². The Kier molecular flexibility index (Phi) is 5.90. The van der Waals surface area contributed by atoms with Crippen LogP contribution in [0.15, 0.2) is 60.7 Å². The molecule has 0 aliphatic rings. The van der Waals surface area contributed by atoms with Gasteiger partial charge in [0.25, 0.3) is 0 Å².